The van der Waals surface area contributed by atoms with Crippen molar-refractivity contribution in [2.45, 2.75) is 31.8 Å². The average Bonchev–Trinajstić information content (AvgIpc) is 3.09. The van der Waals surface area contributed by atoms with E-state index >= 15 is 0 Å². The zero-order valence-electron chi connectivity index (χ0n) is 13.3. The van der Waals surface area contributed by atoms with Gasteiger partial charge >= 0.3 is 0 Å². The van der Waals surface area contributed by atoms with Crippen molar-refractivity contribution in [2.75, 3.05) is 31.2 Å². The summed E-state index contributed by atoms with van der Waals surface area (Å²) in [6.07, 6.45) is 7.26. The van der Waals surface area contributed by atoms with Crippen LogP contribution in [0.4, 0.5) is 5.82 Å². The number of morpholine rings is 1. The molecule has 0 radical (unpaired) electrons. The van der Waals surface area contributed by atoms with Crippen molar-refractivity contribution in [1.82, 2.24) is 20.5 Å². The molecule has 6 heteroatoms. The Balaban J connectivity index is 1.31. The van der Waals surface area contributed by atoms with E-state index in [4.69, 9.17) is 4.74 Å². The summed E-state index contributed by atoms with van der Waals surface area (Å²) in [5.41, 5.74) is 3.90. The molecule has 1 unspecified atom stereocenters. The van der Waals surface area contributed by atoms with Crippen LogP contribution in [0.5, 0.6) is 0 Å². The van der Waals surface area contributed by atoms with Gasteiger partial charge in [-0.3, -0.25) is 5.10 Å². The highest BCUT2D eigenvalue weighted by molar-refractivity contribution is 5.39. The van der Waals surface area contributed by atoms with Gasteiger partial charge in [-0.25, -0.2) is 4.98 Å². The lowest BCUT2D eigenvalue weighted by atomic mass is 9.93. The first-order chi connectivity index (χ1) is 11.4. The summed E-state index contributed by atoms with van der Waals surface area (Å²) in [5, 5.41) is 10.9. The van der Waals surface area contributed by atoms with Crippen LogP contribution in [0, 0.1) is 0 Å². The van der Waals surface area contributed by atoms with Crippen LogP contribution in [0.3, 0.4) is 0 Å². The monoisotopic (exact) mass is 313 g/mol. The molecule has 0 saturated carbocycles. The number of hydrogen-bond acceptors (Lipinski definition) is 5. The van der Waals surface area contributed by atoms with Gasteiger partial charge in [-0.05, 0) is 36.5 Å². The highest BCUT2D eigenvalue weighted by atomic mass is 16.5. The number of ether oxygens (including phenoxy) is 1. The molecular formula is C17H23N5O. The lowest BCUT2D eigenvalue weighted by Gasteiger charge is -2.28. The molecule has 1 aliphatic carbocycles. The van der Waals surface area contributed by atoms with Crippen molar-refractivity contribution in [3.05, 3.63) is 41.3 Å². The lowest BCUT2D eigenvalue weighted by Crippen LogP contribution is -2.36. The Hall–Kier alpha value is -1.92. The molecule has 23 heavy (non-hydrogen) atoms. The van der Waals surface area contributed by atoms with E-state index in [1.54, 1.807) is 0 Å². The van der Waals surface area contributed by atoms with Crippen LogP contribution < -0.4 is 10.2 Å². The van der Waals surface area contributed by atoms with Crippen molar-refractivity contribution >= 4 is 5.82 Å². The molecule has 2 aliphatic rings. The number of H-pyrrole nitrogens is 1. The second kappa shape index (κ2) is 6.68. The summed E-state index contributed by atoms with van der Waals surface area (Å²) >= 11 is 0. The molecule has 1 fully saturated rings. The van der Waals surface area contributed by atoms with Crippen LogP contribution in [-0.4, -0.2) is 47.5 Å². The van der Waals surface area contributed by atoms with Crippen molar-refractivity contribution in [3.63, 3.8) is 0 Å². The van der Waals surface area contributed by atoms with E-state index in [0.29, 0.717) is 6.04 Å². The molecule has 2 N–H and O–H groups in total. The van der Waals surface area contributed by atoms with Gasteiger partial charge in [0.1, 0.15) is 5.82 Å². The van der Waals surface area contributed by atoms with Crippen LogP contribution in [0.15, 0.2) is 24.5 Å². The predicted molar refractivity (Wildman–Crippen MR) is 88.5 cm³/mol. The fourth-order valence-corrected chi connectivity index (χ4v) is 3.35. The highest BCUT2D eigenvalue weighted by Gasteiger charge is 2.19. The molecule has 2 aromatic heterocycles. The third kappa shape index (κ3) is 3.38. The Kier molecular flexibility index (Phi) is 4.26. The minimum absolute atomic E-state index is 0.527. The zero-order chi connectivity index (χ0) is 15.5. The smallest absolute Gasteiger partial charge is 0.128 e. The number of aryl methyl sites for hydroxylation is 1. The van der Waals surface area contributed by atoms with Gasteiger partial charge in [0.15, 0.2) is 0 Å². The maximum atomic E-state index is 5.38. The standard InChI is InChI=1S/C17H23N5O/c1-4-17(22-5-7-23-8-6-22)19-11-13(1)10-18-15-2-3-16-14(9-15)12-20-21-16/h1,4,11-12,15,18H,2-3,5-10H2,(H,20,21). The molecule has 1 aliphatic heterocycles. The highest BCUT2D eigenvalue weighted by Crippen LogP contribution is 2.19. The lowest BCUT2D eigenvalue weighted by molar-refractivity contribution is 0.122. The number of nitrogens with one attached hydrogen (secondary N) is 2. The van der Waals surface area contributed by atoms with E-state index in [2.05, 4.69) is 37.5 Å². The molecule has 0 aromatic carbocycles. The molecular weight excluding hydrogens is 290 g/mol. The third-order valence-electron chi connectivity index (χ3n) is 4.76. The summed E-state index contributed by atoms with van der Waals surface area (Å²) in [5.74, 6) is 1.05. The summed E-state index contributed by atoms with van der Waals surface area (Å²) < 4.78 is 5.38. The van der Waals surface area contributed by atoms with Gasteiger partial charge in [0.25, 0.3) is 0 Å². The Morgan fingerprint density at radius 1 is 1.26 bits per heavy atom. The molecule has 4 rings (SSSR count). The maximum absolute atomic E-state index is 5.38. The Labute approximate surface area is 136 Å². The molecule has 0 spiro atoms. The number of nitrogens with zero attached hydrogens (tertiary/aromatic N) is 3. The molecule has 122 valence electrons. The van der Waals surface area contributed by atoms with Crippen LogP contribution in [-0.2, 0) is 24.1 Å². The zero-order valence-corrected chi connectivity index (χ0v) is 13.3. The van der Waals surface area contributed by atoms with Crippen molar-refractivity contribution < 1.29 is 4.74 Å². The van der Waals surface area contributed by atoms with E-state index < -0.39 is 0 Å². The summed E-state index contributed by atoms with van der Waals surface area (Å²) in [7, 11) is 0. The van der Waals surface area contributed by atoms with Gasteiger partial charge in [-0.15, -0.1) is 0 Å². The van der Waals surface area contributed by atoms with Crippen LogP contribution in [0.25, 0.3) is 0 Å². The quantitative estimate of drug-likeness (QED) is 0.890. The first-order valence-corrected chi connectivity index (χ1v) is 8.40. The summed E-state index contributed by atoms with van der Waals surface area (Å²) in [6.45, 7) is 4.32. The topological polar surface area (TPSA) is 66.1 Å². The molecule has 6 nitrogen and oxygen atoms in total. The Morgan fingerprint density at radius 2 is 2.17 bits per heavy atom. The van der Waals surface area contributed by atoms with E-state index in [9.17, 15) is 0 Å². The largest absolute Gasteiger partial charge is 0.378 e. The maximum Gasteiger partial charge on any atom is 0.128 e. The normalized spacial score (nSPS) is 21.2. The number of rotatable bonds is 4. The Morgan fingerprint density at radius 3 is 3.00 bits per heavy atom. The molecule has 0 amide bonds. The third-order valence-corrected chi connectivity index (χ3v) is 4.76. The molecule has 3 heterocycles. The predicted octanol–water partition coefficient (Wildman–Crippen LogP) is 1.29. The molecule has 2 aromatic rings. The van der Waals surface area contributed by atoms with Crippen LogP contribution >= 0.6 is 0 Å². The number of aromatic nitrogens is 3. The first-order valence-electron chi connectivity index (χ1n) is 8.40. The van der Waals surface area contributed by atoms with Gasteiger partial charge in [-0.2, -0.15) is 5.10 Å². The SMILES string of the molecule is c1cc(N2CCOCC2)ncc1CNC1CCc2[nH]ncc2C1. The number of hydrogen-bond donors (Lipinski definition) is 2. The van der Waals surface area contributed by atoms with Gasteiger partial charge in [0.05, 0.1) is 19.4 Å². The van der Waals surface area contributed by atoms with Crippen LogP contribution in [0.1, 0.15) is 23.2 Å². The number of fused-ring (bicyclic) bond motifs is 1. The summed E-state index contributed by atoms with van der Waals surface area (Å²) in [6, 6.07) is 4.83. The average molecular weight is 313 g/mol. The van der Waals surface area contributed by atoms with Crippen molar-refractivity contribution in [3.8, 4) is 0 Å². The van der Waals surface area contributed by atoms with Gasteiger partial charge in [0.2, 0.25) is 0 Å². The van der Waals surface area contributed by atoms with E-state index in [1.165, 1.54) is 16.8 Å². The minimum atomic E-state index is 0.527. The Bertz CT molecular complexity index is 633. The fraction of sp³-hybridized carbons (Fsp3) is 0.529. The van der Waals surface area contributed by atoms with Crippen molar-refractivity contribution in [2.24, 2.45) is 0 Å². The molecule has 0 bridgehead atoms. The van der Waals surface area contributed by atoms with Gasteiger partial charge in [-0.1, -0.05) is 6.07 Å². The van der Waals surface area contributed by atoms with Gasteiger partial charge < -0.3 is 15.0 Å². The van der Waals surface area contributed by atoms with Gasteiger partial charge in [0, 0.05) is 37.6 Å². The number of aromatic amines is 1. The second-order valence-corrected chi connectivity index (χ2v) is 6.32. The number of pyridine rings is 1. The van der Waals surface area contributed by atoms with E-state index in [0.717, 1.165) is 57.9 Å². The van der Waals surface area contributed by atoms with E-state index in [-0.39, 0.29) is 0 Å². The first kappa shape index (κ1) is 14.7. The summed E-state index contributed by atoms with van der Waals surface area (Å²) in [4.78, 5) is 6.89. The van der Waals surface area contributed by atoms with E-state index in [1.807, 2.05) is 12.4 Å². The minimum Gasteiger partial charge on any atom is -0.378 e. The van der Waals surface area contributed by atoms with Crippen LogP contribution in [0.2, 0.25) is 0 Å². The molecule has 1 atom stereocenters. The second-order valence-electron chi connectivity index (χ2n) is 6.32. The number of anilines is 1. The molecule has 1 saturated heterocycles. The van der Waals surface area contributed by atoms with Crippen molar-refractivity contribution in [1.29, 1.82) is 0 Å². The fourth-order valence-electron chi connectivity index (χ4n) is 3.35.